The quantitative estimate of drug-likeness (QED) is 0.542. The van der Waals surface area contributed by atoms with Gasteiger partial charge in [0.25, 0.3) is 0 Å². The summed E-state index contributed by atoms with van der Waals surface area (Å²) in [5, 5.41) is 4.66. The summed E-state index contributed by atoms with van der Waals surface area (Å²) in [5.41, 5.74) is 5.33. The molecule has 0 aliphatic carbocycles. The molecule has 6 rings (SSSR count). The maximum Gasteiger partial charge on any atom is 0.235 e. The normalized spacial score (nSPS) is 21.5. The highest BCUT2D eigenvalue weighted by atomic mass is 16.2. The molecule has 0 bridgehead atoms. The zero-order valence-electron chi connectivity index (χ0n) is 14.5. The van der Waals surface area contributed by atoms with Crippen LogP contribution in [0.2, 0.25) is 0 Å². The van der Waals surface area contributed by atoms with Crippen LogP contribution in [0.4, 0.5) is 0 Å². The predicted molar refractivity (Wildman–Crippen MR) is 103 cm³/mol. The Morgan fingerprint density at radius 2 is 1.67 bits per heavy atom. The first-order valence-corrected chi connectivity index (χ1v) is 9.24. The number of benzene rings is 2. The van der Waals surface area contributed by atoms with Crippen molar-refractivity contribution in [3.63, 3.8) is 0 Å². The van der Waals surface area contributed by atoms with E-state index in [2.05, 4.69) is 33.2 Å². The van der Waals surface area contributed by atoms with Gasteiger partial charge in [0.15, 0.2) is 0 Å². The van der Waals surface area contributed by atoms with E-state index in [0.29, 0.717) is 0 Å². The van der Waals surface area contributed by atoms with E-state index in [1.54, 1.807) is 0 Å². The van der Waals surface area contributed by atoms with Crippen molar-refractivity contribution in [3.8, 4) is 0 Å². The second kappa shape index (κ2) is 5.10. The first kappa shape index (κ1) is 14.8. The average molecular weight is 355 g/mol. The van der Waals surface area contributed by atoms with Gasteiger partial charge in [-0.15, -0.1) is 0 Å². The molecular formula is C22H17N3O2. The van der Waals surface area contributed by atoms with Crippen LogP contribution in [-0.2, 0) is 22.6 Å². The summed E-state index contributed by atoms with van der Waals surface area (Å²) < 4.78 is 2.22. The lowest BCUT2D eigenvalue weighted by atomic mass is 9.83. The molecule has 2 aromatic heterocycles. The van der Waals surface area contributed by atoms with Crippen molar-refractivity contribution in [1.82, 2.24) is 14.9 Å². The second-order valence-electron chi connectivity index (χ2n) is 7.44. The molecule has 5 nitrogen and oxygen atoms in total. The number of aromatic nitrogens is 2. The molecule has 4 heterocycles. The van der Waals surface area contributed by atoms with Crippen LogP contribution in [0.25, 0.3) is 21.8 Å². The van der Waals surface area contributed by atoms with Crippen molar-refractivity contribution in [3.05, 3.63) is 71.5 Å². The van der Waals surface area contributed by atoms with Crippen molar-refractivity contribution >= 4 is 33.6 Å². The van der Waals surface area contributed by atoms with Crippen LogP contribution < -0.4 is 5.32 Å². The summed E-state index contributed by atoms with van der Waals surface area (Å²) in [4.78, 5) is 28.9. The smallest absolute Gasteiger partial charge is 0.235 e. The number of nitrogens with zero attached hydrogens (tertiary/aromatic N) is 1. The van der Waals surface area contributed by atoms with Gasteiger partial charge in [0.2, 0.25) is 11.8 Å². The molecule has 2 aromatic carbocycles. The maximum absolute atomic E-state index is 12.8. The number of nitrogens with one attached hydrogen (secondary N) is 2. The van der Waals surface area contributed by atoms with Crippen molar-refractivity contribution in [1.29, 1.82) is 0 Å². The molecule has 2 aliphatic rings. The number of hydrogen-bond acceptors (Lipinski definition) is 2. The Morgan fingerprint density at radius 1 is 0.889 bits per heavy atom. The van der Waals surface area contributed by atoms with Gasteiger partial charge in [-0.1, -0.05) is 36.4 Å². The molecule has 0 saturated carbocycles. The molecule has 5 heteroatoms. The van der Waals surface area contributed by atoms with Gasteiger partial charge in [0, 0.05) is 35.2 Å². The average Bonchev–Trinajstić information content (AvgIpc) is 3.41. The number of rotatable bonds is 2. The Labute approximate surface area is 155 Å². The number of fused-ring (bicyclic) bond motifs is 1. The van der Waals surface area contributed by atoms with Crippen LogP contribution in [-0.4, -0.2) is 21.4 Å². The highest BCUT2D eigenvalue weighted by Crippen LogP contribution is 2.44. The minimum Gasteiger partial charge on any atom is -0.361 e. The number of H-pyrrole nitrogens is 1. The van der Waals surface area contributed by atoms with Gasteiger partial charge >= 0.3 is 0 Å². The van der Waals surface area contributed by atoms with E-state index in [9.17, 15) is 9.59 Å². The van der Waals surface area contributed by atoms with E-state index in [0.717, 1.165) is 40.4 Å². The van der Waals surface area contributed by atoms with Crippen LogP contribution in [0.3, 0.4) is 0 Å². The van der Waals surface area contributed by atoms with Gasteiger partial charge in [-0.3, -0.25) is 14.9 Å². The molecule has 1 saturated heterocycles. The van der Waals surface area contributed by atoms with Crippen molar-refractivity contribution in [2.45, 2.75) is 24.8 Å². The number of hydrogen-bond donors (Lipinski definition) is 2. The molecule has 4 aromatic rings. The molecule has 0 radical (unpaired) electrons. The molecule has 132 valence electrons. The molecule has 27 heavy (non-hydrogen) atoms. The number of aromatic amines is 1. The minimum atomic E-state index is -0.518. The minimum absolute atomic E-state index is 0.208. The number of aryl methyl sites for hydroxylation is 2. The van der Waals surface area contributed by atoms with Gasteiger partial charge in [0.05, 0.1) is 17.4 Å². The Hall–Kier alpha value is -3.34. The zero-order chi connectivity index (χ0) is 18.1. The monoisotopic (exact) mass is 355 g/mol. The summed E-state index contributed by atoms with van der Waals surface area (Å²) in [6.07, 6.45) is 4.97. The standard InChI is InChI=1S/C22H17N3O2/c26-21-18(15-10-23-17-7-2-1-5-13(15)17)19(22(27)24-21)16-11-25-9-8-12-4-3-6-14(16)20(12)25/h1-7,10-11,18-19,23H,8-9H2,(H,24,26,27). The van der Waals surface area contributed by atoms with Crippen LogP contribution >= 0.6 is 0 Å². The van der Waals surface area contributed by atoms with E-state index in [1.165, 1.54) is 11.1 Å². The van der Waals surface area contributed by atoms with E-state index in [1.807, 2.05) is 36.5 Å². The Kier molecular flexibility index (Phi) is 2.79. The molecule has 2 unspecified atom stereocenters. The van der Waals surface area contributed by atoms with Crippen LogP contribution in [0.5, 0.6) is 0 Å². The van der Waals surface area contributed by atoms with Gasteiger partial charge in [-0.2, -0.15) is 0 Å². The van der Waals surface area contributed by atoms with Crippen LogP contribution in [0, 0.1) is 0 Å². The zero-order valence-corrected chi connectivity index (χ0v) is 14.5. The molecule has 2 amide bonds. The van der Waals surface area contributed by atoms with Crippen molar-refractivity contribution < 1.29 is 9.59 Å². The molecule has 2 atom stereocenters. The highest BCUT2D eigenvalue weighted by molar-refractivity contribution is 6.13. The Balaban J connectivity index is 1.58. The van der Waals surface area contributed by atoms with Gasteiger partial charge in [-0.05, 0) is 29.2 Å². The third-order valence-electron chi connectivity index (χ3n) is 6.07. The van der Waals surface area contributed by atoms with Crippen molar-refractivity contribution in [2.24, 2.45) is 0 Å². The topological polar surface area (TPSA) is 66.9 Å². The number of imide groups is 1. The number of amides is 2. The second-order valence-corrected chi connectivity index (χ2v) is 7.44. The lowest BCUT2D eigenvalue weighted by Crippen LogP contribution is -2.21. The van der Waals surface area contributed by atoms with Gasteiger partial charge in [-0.25, -0.2) is 0 Å². The first-order chi connectivity index (χ1) is 13.2. The Morgan fingerprint density at radius 3 is 2.56 bits per heavy atom. The van der Waals surface area contributed by atoms with Crippen LogP contribution in [0.15, 0.2) is 54.9 Å². The van der Waals surface area contributed by atoms with Gasteiger partial charge < -0.3 is 9.55 Å². The lowest BCUT2D eigenvalue weighted by Gasteiger charge is -2.15. The highest BCUT2D eigenvalue weighted by Gasteiger charge is 2.45. The summed E-state index contributed by atoms with van der Waals surface area (Å²) in [6, 6.07) is 14.2. The summed E-state index contributed by atoms with van der Waals surface area (Å²) >= 11 is 0. The summed E-state index contributed by atoms with van der Waals surface area (Å²) in [6.45, 7) is 0.926. The SMILES string of the molecule is O=C1NC(=O)C(c2cn3c4c(cccc24)CC3)C1c1c[nH]c2ccccc12. The fourth-order valence-electron chi connectivity index (χ4n) is 4.90. The summed E-state index contributed by atoms with van der Waals surface area (Å²) in [7, 11) is 0. The first-order valence-electron chi connectivity index (χ1n) is 9.24. The number of carbonyl (C=O) groups excluding carboxylic acids is 2. The van der Waals surface area contributed by atoms with Crippen molar-refractivity contribution in [2.75, 3.05) is 0 Å². The van der Waals surface area contributed by atoms with E-state index >= 15 is 0 Å². The predicted octanol–water partition coefficient (Wildman–Crippen LogP) is 3.20. The summed E-state index contributed by atoms with van der Waals surface area (Å²) in [5.74, 6) is -1.45. The Bertz CT molecular complexity index is 1260. The molecule has 1 fully saturated rings. The van der Waals surface area contributed by atoms with E-state index in [-0.39, 0.29) is 11.8 Å². The molecular weight excluding hydrogens is 338 g/mol. The fraction of sp³-hybridized carbons (Fsp3) is 0.182. The van der Waals surface area contributed by atoms with E-state index in [4.69, 9.17) is 0 Å². The number of carbonyl (C=O) groups is 2. The van der Waals surface area contributed by atoms with Crippen LogP contribution in [0.1, 0.15) is 28.5 Å². The fourth-order valence-corrected chi connectivity index (χ4v) is 4.90. The molecule has 2 aliphatic heterocycles. The third kappa shape index (κ3) is 1.88. The number of para-hydroxylation sites is 2. The van der Waals surface area contributed by atoms with Gasteiger partial charge in [0.1, 0.15) is 0 Å². The largest absolute Gasteiger partial charge is 0.361 e. The molecule has 2 N–H and O–H groups in total. The lowest BCUT2D eigenvalue weighted by molar-refractivity contribution is -0.125. The maximum atomic E-state index is 12.8. The van der Waals surface area contributed by atoms with E-state index < -0.39 is 11.8 Å². The third-order valence-corrected chi connectivity index (χ3v) is 6.07. The molecule has 0 spiro atoms.